The molecule has 3 heterocycles. The van der Waals surface area contributed by atoms with Gasteiger partial charge in [0.25, 0.3) is 5.91 Å². The van der Waals surface area contributed by atoms with Gasteiger partial charge >= 0.3 is 6.18 Å². The number of hydrogen-bond acceptors (Lipinski definition) is 6. The van der Waals surface area contributed by atoms with Crippen molar-refractivity contribution in [1.82, 2.24) is 19.5 Å². The number of ether oxygens (including phenoxy) is 2. The Labute approximate surface area is 209 Å². The van der Waals surface area contributed by atoms with Crippen LogP contribution in [0.2, 0.25) is 0 Å². The van der Waals surface area contributed by atoms with E-state index in [1.54, 1.807) is 36.4 Å². The predicted octanol–water partition coefficient (Wildman–Crippen LogP) is 4.90. The van der Waals surface area contributed by atoms with Crippen LogP contribution in [0.15, 0.2) is 48.5 Å². The summed E-state index contributed by atoms with van der Waals surface area (Å²) >= 11 is 0. The van der Waals surface area contributed by atoms with E-state index in [2.05, 4.69) is 10.1 Å². The minimum absolute atomic E-state index is 0.00648. The Hall–Kier alpha value is -4.28. The van der Waals surface area contributed by atoms with Gasteiger partial charge in [-0.3, -0.25) is 4.79 Å². The highest BCUT2D eigenvalue weighted by Crippen LogP contribution is 2.38. The molecule has 37 heavy (non-hydrogen) atoms. The number of carbonyl (C=O) groups excluding carboxylic acids is 1. The first-order valence-electron chi connectivity index (χ1n) is 11.4. The smallest absolute Gasteiger partial charge is 0.433 e. The highest BCUT2D eigenvalue weighted by molar-refractivity contribution is 5.94. The third-order valence-corrected chi connectivity index (χ3v) is 6.56. The molecular weight excluding hydrogens is 489 g/mol. The van der Waals surface area contributed by atoms with E-state index < -0.39 is 23.8 Å². The summed E-state index contributed by atoms with van der Waals surface area (Å²) in [5.74, 6) is 0.322. The number of methoxy groups -OCH3 is 2. The summed E-state index contributed by atoms with van der Waals surface area (Å²) in [7, 11) is 2.92. The maximum atomic E-state index is 14.0. The molecule has 4 aromatic rings. The Balaban J connectivity index is 1.54. The molecule has 0 radical (unpaired) electrons. The highest BCUT2D eigenvalue weighted by atomic mass is 19.4. The molecule has 0 saturated carbocycles. The third kappa shape index (κ3) is 4.30. The summed E-state index contributed by atoms with van der Waals surface area (Å²) in [5.41, 5.74) is 0.921. The second-order valence-corrected chi connectivity index (χ2v) is 8.70. The van der Waals surface area contributed by atoms with Crippen LogP contribution in [0.3, 0.4) is 0 Å². The molecule has 1 amide bonds. The minimum Gasteiger partial charge on any atom is -0.504 e. The van der Waals surface area contributed by atoms with Gasteiger partial charge in [-0.2, -0.15) is 18.3 Å². The van der Waals surface area contributed by atoms with Crippen LogP contribution in [0.25, 0.3) is 16.9 Å². The molecule has 1 aliphatic heterocycles. The maximum absolute atomic E-state index is 14.0. The summed E-state index contributed by atoms with van der Waals surface area (Å²) < 4.78 is 52.9. The molecule has 1 atom stereocenters. The first kappa shape index (κ1) is 24.4. The molecule has 8 nitrogen and oxygen atoms in total. The Morgan fingerprint density at radius 2 is 1.81 bits per heavy atom. The Morgan fingerprint density at radius 3 is 2.46 bits per heavy atom. The molecule has 1 aliphatic rings. The van der Waals surface area contributed by atoms with E-state index in [4.69, 9.17) is 9.47 Å². The number of amides is 1. The molecular formula is C26H23F3N4O4. The van der Waals surface area contributed by atoms with Gasteiger partial charge in [0.1, 0.15) is 5.75 Å². The van der Waals surface area contributed by atoms with Gasteiger partial charge in [0, 0.05) is 18.2 Å². The Kier molecular flexibility index (Phi) is 5.93. The summed E-state index contributed by atoms with van der Waals surface area (Å²) in [6.07, 6.45) is -4.27. The molecule has 0 saturated heterocycles. The van der Waals surface area contributed by atoms with E-state index in [-0.39, 0.29) is 28.5 Å². The largest absolute Gasteiger partial charge is 0.504 e. The van der Waals surface area contributed by atoms with Crippen LogP contribution >= 0.6 is 0 Å². The molecule has 0 fully saturated rings. The average molecular weight is 512 g/mol. The van der Waals surface area contributed by atoms with Crippen molar-refractivity contribution in [3.63, 3.8) is 0 Å². The van der Waals surface area contributed by atoms with Crippen molar-refractivity contribution < 1.29 is 32.5 Å². The van der Waals surface area contributed by atoms with Crippen molar-refractivity contribution >= 4 is 11.6 Å². The van der Waals surface area contributed by atoms with E-state index in [0.29, 0.717) is 28.8 Å². The van der Waals surface area contributed by atoms with Crippen LogP contribution < -0.4 is 9.47 Å². The minimum atomic E-state index is -4.73. The van der Waals surface area contributed by atoms with Crippen LogP contribution in [0.4, 0.5) is 13.2 Å². The van der Waals surface area contributed by atoms with E-state index in [9.17, 15) is 23.1 Å². The molecule has 0 spiro atoms. The van der Waals surface area contributed by atoms with Crippen molar-refractivity contribution in [2.45, 2.75) is 25.6 Å². The van der Waals surface area contributed by atoms with Gasteiger partial charge in [0.2, 0.25) is 0 Å². The SMILES string of the molecule is COc1ccc(-c2cc(C(F)(F)F)n3nc(C(=O)N4CCc5cc(O)c(OC)cc5[C@@H]4C)cc3n2)cc1. The van der Waals surface area contributed by atoms with Crippen molar-refractivity contribution in [2.24, 2.45) is 0 Å². The molecule has 1 N–H and O–H groups in total. The summed E-state index contributed by atoms with van der Waals surface area (Å²) in [4.78, 5) is 19.3. The number of aromatic hydroxyl groups is 1. The molecule has 11 heteroatoms. The zero-order valence-corrected chi connectivity index (χ0v) is 20.2. The monoisotopic (exact) mass is 512 g/mol. The van der Waals surface area contributed by atoms with Crippen molar-refractivity contribution in [1.29, 1.82) is 0 Å². The van der Waals surface area contributed by atoms with Crippen LogP contribution in [0, 0.1) is 0 Å². The van der Waals surface area contributed by atoms with Gasteiger partial charge in [-0.25, -0.2) is 9.50 Å². The molecule has 192 valence electrons. The second kappa shape index (κ2) is 8.99. The van der Waals surface area contributed by atoms with Gasteiger partial charge < -0.3 is 19.5 Å². The number of alkyl halides is 3. The zero-order chi connectivity index (χ0) is 26.5. The number of fused-ring (bicyclic) bond motifs is 2. The number of hydrogen-bond donors (Lipinski definition) is 1. The lowest BCUT2D eigenvalue weighted by molar-refractivity contribution is -0.142. The standard InChI is InChI=1S/C26H23F3N4O4/c1-14-18-11-22(37-3)21(34)10-16(18)8-9-32(14)25(35)20-13-24-30-19(15-4-6-17(36-2)7-5-15)12-23(26(27,28)29)33(24)31-20/h4-7,10-14,34H,8-9H2,1-3H3/t14-/m0/s1. The summed E-state index contributed by atoms with van der Waals surface area (Å²) in [6.45, 7) is 2.12. The van der Waals surface area contributed by atoms with Crippen molar-refractivity contribution in [3.05, 3.63) is 71.0 Å². The summed E-state index contributed by atoms with van der Waals surface area (Å²) in [6, 6.07) is 11.5. The summed E-state index contributed by atoms with van der Waals surface area (Å²) in [5, 5.41) is 14.1. The number of nitrogens with zero attached hydrogens (tertiary/aromatic N) is 4. The fourth-order valence-electron chi connectivity index (χ4n) is 4.61. The Bertz CT molecular complexity index is 1500. The Morgan fingerprint density at radius 1 is 1.08 bits per heavy atom. The van der Waals surface area contributed by atoms with Crippen molar-refractivity contribution in [3.8, 4) is 28.5 Å². The first-order chi connectivity index (χ1) is 17.6. The molecule has 2 aromatic carbocycles. The fraction of sp³-hybridized carbons (Fsp3) is 0.269. The second-order valence-electron chi connectivity index (χ2n) is 8.70. The topological polar surface area (TPSA) is 89.2 Å². The van der Waals surface area contributed by atoms with Gasteiger partial charge in [0.05, 0.1) is 26.0 Å². The van der Waals surface area contributed by atoms with Crippen LogP contribution in [0.1, 0.15) is 40.3 Å². The first-order valence-corrected chi connectivity index (χ1v) is 11.4. The lowest BCUT2D eigenvalue weighted by atomic mass is 9.92. The third-order valence-electron chi connectivity index (χ3n) is 6.56. The number of rotatable bonds is 4. The number of phenols is 1. The molecule has 0 unspecified atom stereocenters. The quantitative estimate of drug-likeness (QED) is 0.419. The number of carbonyl (C=O) groups is 1. The van der Waals surface area contributed by atoms with E-state index >= 15 is 0 Å². The lowest BCUT2D eigenvalue weighted by Crippen LogP contribution is -2.39. The zero-order valence-electron chi connectivity index (χ0n) is 20.2. The van der Waals surface area contributed by atoms with Crippen LogP contribution in [-0.2, 0) is 12.6 Å². The van der Waals surface area contributed by atoms with Gasteiger partial charge in [0.15, 0.2) is 28.5 Å². The maximum Gasteiger partial charge on any atom is 0.433 e. The van der Waals surface area contributed by atoms with E-state index in [1.807, 2.05) is 6.92 Å². The van der Waals surface area contributed by atoms with E-state index in [1.165, 1.54) is 25.2 Å². The number of aromatic nitrogens is 3. The molecule has 2 aromatic heterocycles. The number of benzene rings is 2. The highest BCUT2D eigenvalue weighted by Gasteiger charge is 2.37. The normalized spacial score (nSPS) is 15.5. The fourth-order valence-corrected chi connectivity index (χ4v) is 4.61. The number of phenolic OH excluding ortho intramolecular Hbond substituents is 1. The average Bonchev–Trinajstić information content (AvgIpc) is 3.31. The molecule has 5 rings (SSSR count). The van der Waals surface area contributed by atoms with Crippen LogP contribution in [-0.4, -0.2) is 51.3 Å². The van der Waals surface area contributed by atoms with Gasteiger partial charge in [-0.1, -0.05) is 0 Å². The predicted molar refractivity (Wildman–Crippen MR) is 128 cm³/mol. The van der Waals surface area contributed by atoms with Crippen molar-refractivity contribution in [2.75, 3.05) is 20.8 Å². The lowest BCUT2D eigenvalue weighted by Gasteiger charge is -2.35. The van der Waals surface area contributed by atoms with Gasteiger partial charge in [-0.05, 0) is 66.9 Å². The number of halogens is 3. The van der Waals surface area contributed by atoms with Crippen LogP contribution in [0.5, 0.6) is 17.2 Å². The van der Waals surface area contributed by atoms with E-state index in [0.717, 1.165) is 17.2 Å². The molecule has 0 bridgehead atoms. The van der Waals surface area contributed by atoms with Gasteiger partial charge in [-0.15, -0.1) is 0 Å². The molecule has 0 aliphatic carbocycles.